The molecule has 2 rings (SSSR count). The van der Waals surface area contributed by atoms with E-state index in [1.807, 2.05) is 37.4 Å². The van der Waals surface area contributed by atoms with E-state index in [0.29, 0.717) is 23.3 Å². The Balaban J connectivity index is 1.88. The normalized spacial score (nSPS) is 12.2. The molecule has 0 radical (unpaired) electrons. The Hall–Kier alpha value is -2.21. The van der Waals surface area contributed by atoms with Gasteiger partial charge in [-0.15, -0.1) is 11.3 Å². The molecule has 0 saturated carbocycles. The van der Waals surface area contributed by atoms with Crippen LogP contribution in [0.25, 0.3) is 0 Å². The number of rotatable bonds is 8. The standard InChI is InChI=1S/C20H27N3O2S/c1-13(2)17(15-8-6-5-7-9-15)11-21-18(24)10-16-12-26-20(22-16)23-19(25)14(3)4/h5-9,12-14,17H,10-11H2,1-4H3,(H,21,24)(H,22,23,25). The van der Waals surface area contributed by atoms with Gasteiger partial charge in [-0.2, -0.15) is 0 Å². The Kier molecular flexibility index (Phi) is 7.33. The lowest BCUT2D eigenvalue weighted by molar-refractivity contribution is -0.120. The number of aromatic nitrogens is 1. The molecule has 0 spiro atoms. The van der Waals surface area contributed by atoms with Crippen molar-refractivity contribution in [1.82, 2.24) is 10.3 Å². The Morgan fingerprint density at radius 1 is 1.12 bits per heavy atom. The lowest BCUT2D eigenvalue weighted by Crippen LogP contribution is -2.31. The Morgan fingerprint density at radius 3 is 2.42 bits per heavy atom. The first kappa shape index (κ1) is 20.1. The highest BCUT2D eigenvalue weighted by atomic mass is 32.1. The van der Waals surface area contributed by atoms with Crippen molar-refractivity contribution >= 4 is 28.3 Å². The Labute approximate surface area is 159 Å². The summed E-state index contributed by atoms with van der Waals surface area (Å²) in [6.07, 6.45) is 0.216. The quantitative estimate of drug-likeness (QED) is 0.738. The highest BCUT2D eigenvalue weighted by molar-refractivity contribution is 7.13. The van der Waals surface area contributed by atoms with E-state index >= 15 is 0 Å². The van der Waals surface area contributed by atoms with E-state index < -0.39 is 0 Å². The molecule has 5 nitrogen and oxygen atoms in total. The average molecular weight is 374 g/mol. The van der Waals surface area contributed by atoms with E-state index in [9.17, 15) is 9.59 Å². The first-order chi connectivity index (χ1) is 12.4. The van der Waals surface area contributed by atoms with E-state index in [1.165, 1.54) is 16.9 Å². The van der Waals surface area contributed by atoms with Crippen LogP contribution < -0.4 is 10.6 Å². The molecule has 1 unspecified atom stereocenters. The molecule has 0 fully saturated rings. The van der Waals surface area contributed by atoms with Crippen molar-refractivity contribution in [2.24, 2.45) is 11.8 Å². The molecular formula is C20H27N3O2S. The molecule has 2 N–H and O–H groups in total. The maximum absolute atomic E-state index is 12.3. The first-order valence-electron chi connectivity index (χ1n) is 8.93. The van der Waals surface area contributed by atoms with Crippen LogP contribution in [-0.2, 0) is 16.0 Å². The minimum atomic E-state index is -0.100. The predicted octanol–water partition coefficient (Wildman–Crippen LogP) is 3.84. The number of carbonyl (C=O) groups is 2. The fraction of sp³-hybridized carbons (Fsp3) is 0.450. The van der Waals surface area contributed by atoms with Gasteiger partial charge in [-0.05, 0) is 11.5 Å². The van der Waals surface area contributed by atoms with E-state index in [-0.39, 0.29) is 30.1 Å². The maximum atomic E-state index is 12.3. The molecule has 0 aliphatic carbocycles. The molecule has 140 valence electrons. The Bertz CT molecular complexity index is 726. The minimum absolute atomic E-state index is 0.0568. The van der Waals surface area contributed by atoms with E-state index in [4.69, 9.17) is 0 Å². The molecular weight excluding hydrogens is 346 g/mol. The van der Waals surface area contributed by atoms with Crippen LogP contribution in [0.15, 0.2) is 35.7 Å². The van der Waals surface area contributed by atoms with Gasteiger partial charge >= 0.3 is 0 Å². The average Bonchev–Trinajstić information content (AvgIpc) is 3.02. The van der Waals surface area contributed by atoms with Crippen molar-refractivity contribution in [3.8, 4) is 0 Å². The maximum Gasteiger partial charge on any atom is 0.228 e. The van der Waals surface area contributed by atoms with Crippen molar-refractivity contribution in [3.05, 3.63) is 47.0 Å². The van der Waals surface area contributed by atoms with Crippen molar-refractivity contribution in [2.45, 2.75) is 40.0 Å². The zero-order valence-corrected chi connectivity index (χ0v) is 16.6. The van der Waals surface area contributed by atoms with Gasteiger partial charge in [-0.1, -0.05) is 58.0 Å². The highest BCUT2D eigenvalue weighted by Crippen LogP contribution is 2.23. The summed E-state index contributed by atoms with van der Waals surface area (Å²) in [5.41, 5.74) is 1.91. The smallest absolute Gasteiger partial charge is 0.228 e. The van der Waals surface area contributed by atoms with Gasteiger partial charge in [0.2, 0.25) is 11.8 Å². The summed E-state index contributed by atoms with van der Waals surface area (Å²) in [7, 11) is 0. The van der Waals surface area contributed by atoms with E-state index in [2.05, 4.69) is 41.6 Å². The fourth-order valence-corrected chi connectivity index (χ4v) is 3.30. The second kappa shape index (κ2) is 9.48. The lowest BCUT2D eigenvalue weighted by Gasteiger charge is -2.21. The predicted molar refractivity (Wildman–Crippen MR) is 106 cm³/mol. The third kappa shape index (κ3) is 5.95. The second-order valence-electron chi connectivity index (χ2n) is 7.03. The van der Waals surface area contributed by atoms with Crippen LogP contribution in [-0.4, -0.2) is 23.3 Å². The Morgan fingerprint density at radius 2 is 1.81 bits per heavy atom. The summed E-state index contributed by atoms with van der Waals surface area (Å²) in [6, 6.07) is 10.2. The summed E-state index contributed by atoms with van der Waals surface area (Å²) >= 11 is 1.34. The number of anilines is 1. The van der Waals surface area contributed by atoms with Crippen molar-refractivity contribution in [3.63, 3.8) is 0 Å². The summed E-state index contributed by atoms with van der Waals surface area (Å²) in [6.45, 7) is 8.58. The monoisotopic (exact) mass is 373 g/mol. The first-order valence-corrected chi connectivity index (χ1v) is 9.81. The van der Waals surface area contributed by atoms with Gasteiger partial charge in [0.1, 0.15) is 0 Å². The lowest BCUT2D eigenvalue weighted by atomic mass is 9.88. The van der Waals surface area contributed by atoms with Crippen molar-refractivity contribution < 1.29 is 9.59 Å². The molecule has 1 aromatic heterocycles. The summed E-state index contributed by atoms with van der Waals surface area (Å²) in [4.78, 5) is 28.3. The van der Waals surface area contributed by atoms with E-state index in [1.54, 1.807) is 0 Å². The minimum Gasteiger partial charge on any atom is -0.355 e. The van der Waals surface area contributed by atoms with Gasteiger partial charge in [-0.25, -0.2) is 4.98 Å². The van der Waals surface area contributed by atoms with E-state index in [0.717, 1.165) is 0 Å². The number of thiazole rings is 1. The number of carbonyl (C=O) groups excluding carboxylic acids is 2. The van der Waals surface area contributed by atoms with Gasteiger partial charge in [-0.3, -0.25) is 9.59 Å². The van der Waals surface area contributed by atoms with Gasteiger partial charge in [0.15, 0.2) is 5.13 Å². The van der Waals surface area contributed by atoms with Crippen molar-refractivity contribution in [1.29, 1.82) is 0 Å². The highest BCUT2D eigenvalue weighted by Gasteiger charge is 2.17. The molecule has 6 heteroatoms. The third-order valence-corrected chi connectivity index (χ3v) is 5.01. The molecule has 0 aliphatic rings. The summed E-state index contributed by atoms with van der Waals surface area (Å²) in [5, 5.41) is 8.13. The molecule has 0 bridgehead atoms. The molecule has 2 amide bonds. The number of hydrogen-bond acceptors (Lipinski definition) is 4. The van der Waals surface area contributed by atoms with Gasteiger partial charge < -0.3 is 10.6 Å². The second-order valence-corrected chi connectivity index (χ2v) is 7.89. The van der Waals surface area contributed by atoms with Gasteiger partial charge in [0, 0.05) is 23.8 Å². The number of amides is 2. The van der Waals surface area contributed by atoms with Crippen LogP contribution in [0.4, 0.5) is 5.13 Å². The van der Waals surface area contributed by atoms with Crippen LogP contribution in [0.2, 0.25) is 0 Å². The molecule has 1 heterocycles. The number of benzene rings is 1. The SMILES string of the molecule is CC(C)C(=O)Nc1nc(CC(=O)NCC(c2ccccc2)C(C)C)cs1. The molecule has 1 atom stereocenters. The van der Waals surface area contributed by atoms with Crippen molar-refractivity contribution in [2.75, 3.05) is 11.9 Å². The molecule has 2 aromatic rings. The zero-order chi connectivity index (χ0) is 19.1. The van der Waals surface area contributed by atoms with Crippen LogP contribution >= 0.6 is 11.3 Å². The molecule has 1 aromatic carbocycles. The zero-order valence-electron chi connectivity index (χ0n) is 15.8. The molecule has 0 aliphatic heterocycles. The molecule has 26 heavy (non-hydrogen) atoms. The van der Waals surface area contributed by atoms with Crippen LogP contribution in [0.3, 0.4) is 0 Å². The third-order valence-electron chi connectivity index (χ3n) is 4.20. The molecule has 0 saturated heterocycles. The van der Waals surface area contributed by atoms with Crippen LogP contribution in [0.5, 0.6) is 0 Å². The van der Waals surface area contributed by atoms with Crippen LogP contribution in [0, 0.1) is 11.8 Å². The van der Waals surface area contributed by atoms with Gasteiger partial charge in [0.25, 0.3) is 0 Å². The topological polar surface area (TPSA) is 71.1 Å². The fourth-order valence-electron chi connectivity index (χ4n) is 2.58. The van der Waals surface area contributed by atoms with Gasteiger partial charge in [0.05, 0.1) is 12.1 Å². The summed E-state index contributed by atoms with van der Waals surface area (Å²) < 4.78 is 0. The number of hydrogen-bond donors (Lipinski definition) is 2. The van der Waals surface area contributed by atoms with Crippen LogP contribution in [0.1, 0.15) is 44.9 Å². The number of nitrogens with zero attached hydrogens (tertiary/aromatic N) is 1. The number of nitrogens with one attached hydrogen (secondary N) is 2. The largest absolute Gasteiger partial charge is 0.355 e. The summed E-state index contributed by atoms with van der Waals surface area (Å²) in [5.74, 6) is 0.472.